The minimum atomic E-state index is 0.281. The highest BCUT2D eigenvalue weighted by Gasteiger charge is 2.22. The highest BCUT2D eigenvalue weighted by Crippen LogP contribution is 2.21. The summed E-state index contributed by atoms with van der Waals surface area (Å²) >= 11 is 0. The third-order valence-corrected chi connectivity index (χ3v) is 5.52. The molecule has 1 aliphatic heterocycles. The zero-order valence-electron chi connectivity index (χ0n) is 18.0. The van der Waals surface area contributed by atoms with Gasteiger partial charge in [-0.25, -0.2) is 9.67 Å². The number of aromatic amines is 1. The van der Waals surface area contributed by atoms with Crippen molar-refractivity contribution in [2.75, 3.05) is 20.2 Å². The summed E-state index contributed by atoms with van der Waals surface area (Å²) in [4.78, 5) is 12.8. The first-order chi connectivity index (χ1) is 14.7. The van der Waals surface area contributed by atoms with Gasteiger partial charge in [0.05, 0.1) is 6.54 Å². The van der Waals surface area contributed by atoms with Crippen LogP contribution in [0.3, 0.4) is 0 Å². The van der Waals surface area contributed by atoms with Gasteiger partial charge in [0.15, 0.2) is 11.8 Å². The number of hydrogen-bond donors (Lipinski definition) is 3. The van der Waals surface area contributed by atoms with E-state index in [4.69, 9.17) is 9.73 Å². The van der Waals surface area contributed by atoms with Gasteiger partial charge in [-0.1, -0.05) is 18.2 Å². The molecule has 0 aliphatic carbocycles. The number of nitrogens with one attached hydrogen (secondary N) is 3. The molecule has 160 valence electrons. The fourth-order valence-corrected chi connectivity index (χ4v) is 4.04. The van der Waals surface area contributed by atoms with E-state index in [0.717, 1.165) is 56.5 Å². The maximum atomic E-state index is 5.15. The summed E-state index contributed by atoms with van der Waals surface area (Å²) in [5, 5.41) is 12.8. The van der Waals surface area contributed by atoms with E-state index in [1.54, 1.807) is 7.11 Å². The molecule has 0 saturated heterocycles. The molecule has 3 N–H and O–H groups in total. The monoisotopic (exact) mass is 409 g/mol. The van der Waals surface area contributed by atoms with Crippen molar-refractivity contribution in [3.63, 3.8) is 0 Å². The summed E-state index contributed by atoms with van der Waals surface area (Å²) in [7, 11) is 1.67. The smallest absolute Gasteiger partial charge is 0.191 e. The van der Waals surface area contributed by atoms with Crippen LogP contribution in [0.2, 0.25) is 0 Å². The molecule has 0 spiro atoms. The number of H-pyrrole nitrogens is 1. The molecule has 0 saturated carbocycles. The first-order valence-corrected chi connectivity index (χ1v) is 10.7. The normalized spacial score (nSPS) is 16.6. The number of para-hydroxylation sites is 1. The Kier molecular flexibility index (Phi) is 6.32. The highest BCUT2D eigenvalue weighted by atomic mass is 16.5. The van der Waals surface area contributed by atoms with Crippen molar-refractivity contribution in [1.82, 2.24) is 30.4 Å². The van der Waals surface area contributed by atoms with Crippen LogP contribution in [0.15, 0.2) is 29.4 Å². The van der Waals surface area contributed by atoms with Crippen molar-refractivity contribution in [3.05, 3.63) is 47.2 Å². The average molecular weight is 410 g/mol. The molecule has 8 nitrogen and oxygen atoms in total. The minimum absolute atomic E-state index is 0.281. The quantitative estimate of drug-likeness (QED) is 0.411. The van der Waals surface area contributed by atoms with Gasteiger partial charge in [-0.15, -0.1) is 0 Å². The van der Waals surface area contributed by atoms with E-state index in [1.807, 2.05) is 4.68 Å². The molecule has 1 aliphatic rings. The van der Waals surface area contributed by atoms with Gasteiger partial charge in [-0.05, 0) is 37.8 Å². The molecule has 0 amide bonds. The number of methoxy groups -OCH3 is 1. The molecule has 3 heterocycles. The predicted molar refractivity (Wildman–Crippen MR) is 119 cm³/mol. The first kappa shape index (κ1) is 20.4. The van der Waals surface area contributed by atoms with Crippen molar-refractivity contribution in [1.29, 1.82) is 0 Å². The van der Waals surface area contributed by atoms with Gasteiger partial charge in [-0.3, -0.25) is 4.99 Å². The molecule has 2 aromatic heterocycles. The first-order valence-electron chi connectivity index (χ1n) is 10.7. The Morgan fingerprint density at radius 1 is 1.40 bits per heavy atom. The number of fused-ring (bicyclic) bond motifs is 2. The van der Waals surface area contributed by atoms with Gasteiger partial charge in [0, 0.05) is 49.8 Å². The lowest BCUT2D eigenvalue weighted by Crippen LogP contribution is -2.47. The van der Waals surface area contributed by atoms with Crippen LogP contribution in [0, 0.1) is 6.92 Å². The Morgan fingerprint density at radius 2 is 2.30 bits per heavy atom. The summed E-state index contributed by atoms with van der Waals surface area (Å²) in [6, 6.07) is 6.71. The Morgan fingerprint density at radius 3 is 3.13 bits per heavy atom. The Labute approximate surface area is 177 Å². The number of rotatable bonds is 7. The number of nitrogens with zero attached hydrogens (tertiary/aromatic N) is 4. The number of benzene rings is 1. The van der Waals surface area contributed by atoms with Crippen molar-refractivity contribution in [2.45, 2.75) is 52.3 Å². The van der Waals surface area contributed by atoms with Crippen LogP contribution in [0.5, 0.6) is 0 Å². The van der Waals surface area contributed by atoms with E-state index in [2.05, 4.69) is 63.9 Å². The third kappa shape index (κ3) is 4.48. The maximum absolute atomic E-state index is 5.15. The van der Waals surface area contributed by atoms with Crippen molar-refractivity contribution < 1.29 is 4.74 Å². The number of aryl methyl sites for hydroxylation is 2. The zero-order valence-corrected chi connectivity index (χ0v) is 18.0. The second-order valence-electron chi connectivity index (χ2n) is 7.76. The van der Waals surface area contributed by atoms with Crippen LogP contribution < -0.4 is 10.6 Å². The molecule has 4 rings (SSSR count). The summed E-state index contributed by atoms with van der Waals surface area (Å²) < 4.78 is 7.15. The largest absolute Gasteiger partial charge is 0.377 e. The molecule has 1 aromatic carbocycles. The lowest BCUT2D eigenvalue weighted by molar-refractivity contribution is 0.177. The van der Waals surface area contributed by atoms with Crippen LogP contribution in [0.4, 0.5) is 0 Å². The van der Waals surface area contributed by atoms with E-state index < -0.39 is 0 Å². The molecule has 0 bridgehead atoms. The van der Waals surface area contributed by atoms with Gasteiger partial charge in [0.25, 0.3) is 0 Å². The molecule has 1 atom stereocenters. The van der Waals surface area contributed by atoms with Crippen LogP contribution in [-0.4, -0.2) is 51.9 Å². The Hall–Kier alpha value is -2.87. The molecule has 0 fully saturated rings. The van der Waals surface area contributed by atoms with Gasteiger partial charge in [0.1, 0.15) is 12.4 Å². The topological polar surface area (TPSA) is 92.2 Å². The number of ether oxygens (including phenoxy) is 1. The summed E-state index contributed by atoms with van der Waals surface area (Å²) in [6.45, 7) is 7.03. The van der Waals surface area contributed by atoms with Gasteiger partial charge >= 0.3 is 0 Å². The van der Waals surface area contributed by atoms with Crippen LogP contribution in [0.1, 0.15) is 36.1 Å². The van der Waals surface area contributed by atoms with Crippen LogP contribution >= 0.6 is 0 Å². The van der Waals surface area contributed by atoms with Crippen molar-refractivity contribution in [2.24, 2.45) is 4.99 Å². The molecule has 30 heavy (non-hydrogen) atoms. The molecule has 8 heteroatoms. The molecule has 1 unspecified atom stereocenters. The van der Waals surface area contributed by atoms with E-state index in [9.17, 15) is 0 Å². The SMILES string of the molecule is CCNC(=NCCc1c[nH]c2c(C)cccc12)NC1CCc2nc(COC)nn2C1. The second-order valence-corrected chi connectivity index (χ2v) is 7.76. The number of aliphatic imine (C=N–C) groups is 1. The van der Waals surface area contributed by atoms with Gasteiger partial charge < -0.3 is 20.4 Å². The van der Waals surface area contributed by atoms with Crippen LogP contribution in [-0.2, 0) is 30.7 Å². The summed E-state index contributed by atoms with van der Waals surface area (Å²) in [5.74, 6) is 2.65. The number of hydrogen-bond acceptors (Lipinski definition) is 4. The van der Waals surface area contributed by atoms with Crippen molar-refractivity contribution >= 4 is 16.9 Å². The summed E-state index contributed by atoms with van der Waals surface area (Å²) in [5.41, 5.74) is 3.81. The Balaban J connectivity index is 1.38. The average Bonchev–Trinajstić information content (AvgIpc) is 3.33. The lowest BCUT2D eigenvalue weighted by Gasteiger charge is -2.25. The highest BCUT2D eigenvalue weighted by molar-refractivity contribution is 5.86. The number of aromatic nitrogens is 4. The van der Waals surface area contributed by atoms with Crippen molar-refractivity contribution in [3.8, 4) is 0 Å². The Bertz CT molecular complexity index is 1020. The zero-order chi connectivity index (χ0) is 20.9. The number of guanidine groups is 1. The fraction of sp³-hybridized carbons (Fsp3) is 0.500. The third-order valence-electron chi connectivity index (χ3n) is 5.52. The molecule has 0 radical (unpaired) electrons. The minimum Gasteiger partial charge on any atom is -0.377 e. The standard InChI is InChI=1S/C22H31N7O/c1-4-23-22(24-11-10-16-12-25-21-15(2)6-5-7-18(16)21)26-17-8-9-20-27-19(14-30-3)28-29(20)13-17/h5-7,12,17,25H,4,8-11,13-14H2,1-3H3,(H2,23,24,26). The second kappa shape index (κ2) is 9.30. The van der Waals surface area contributed by atoms with E-state index in [1.165, 1.54) is 22.0 Å². The molecular weight excluding hydrogens is 378 g/mol. The molecule has 3 aromatic rings. The summed E-state index contributed by atoms with van der Waals surface area (Å²) in [6.07, 6.45) is 4.93. The van der Waals surface area contributed by atoms with E-state index >= 15 is 0 Å². The molecular formula is C22H31N7O. The van der Waals surface area contributed by atoms with Gasteiger partial charge in [-0.2, -0.15) is 5.10 Å². The maximum Gasteiger partial charge on any atom is 0.191 e. The van der Waals surface area contributed by atoms with Gasteiger partial charge in [0.2, 0.25) is 0 Å². The van der Waals surface area contributed by atoms with E-state index in [0.29, 0.717) is 6.61 Å². The van der Waals surface area contributed by atoms with Crippen LogP contribution in [0.25, 0.3) is 10.9 Å². The van der Waals surface area contributed by atoms with E-state index in [-0.39, 0.29) is 6.04 Å². The predicted octanol–water partition coefficient (Wildman–Crippen LogP) is 2.33. The lowest BCUT2D eigenvalue weighted by atomic mass is 10.1. The fourth-order valence-electron chi connectivity index (χ4n) is 4.04.